The molecule has 1 aromatic heterocycles. The lowest BCUT2D eigenvalue weighted by Crippen LogP contribution is -2.39. The average molecular weight is 393 g/mol. The first-order valence-corrected chi connectivity index (χ1v) is 9.96. The summed E-state index contributed by atoms with van der Waals surface area (Å²) in [6, 6.07) is 13.7. The third kappa shape index (κ3) is 4.13. The third-order valence-corrected chi connectivity index (χ3v) is 5.63. The van der Waals surface area contributed by atoms with Crippen LogP contribution >= 0.6 is 0 Å². The summed E-state index contributed by atoms with van der Waals surface area (Å²) < 4.78 is 5.29. The maximum atomic E-state index is 12.7. The summed E-state index contributed by atoms with van der Waals surface area (Å²) in [6.07, 6.45) is 1.85. The van der Waals surface area contributed by atoms with E-state index < -0.39 is 6.10 Å². The molecule has 3 N–H and O–H groups in total. The van der Waals surface area contributed by atoms with E-state index in [1.807, 2.05) is 29.3 Å². The summed E-state index contributed by atoms with van der Waals surface area (Å²) >= 11 is 0. The van der Waals surface area contributed by atoms with Gasteiger partial charge in [0.15, 0.2) is 0 Å². The van der Waals surface area contributed by atoms with Crippen molar-refractivity contribution in [1.29, 1.82) is 0 Å². The zero-order chi connectivity index (χ0) is 20.4. The number of aromatic nitrogens is 1. The van der Waals surface area contributed by atoms with Gasteiger partial charge >= 0.3 is 0 Å². The SMILES string of the molecule is COc1ccc2[nH]cc(C(O)CNC3CCN(Cc4ccc(C)cc4)C3=O)c2c1. The number of fused-ring (bicyclic) bond motifs is 1. The number of aliphatic hydroxyl groups excluding tert-OH is 1. The quantitative estimate of drug-likeness (QED) is 0.577. The van der Waals surface area contributed by atoms with E-state index in [4.69, 9.17) is 4.74 Å². The van der Waals surface area contributed by atoms with Crippen LogP contribution in [0.4, 0.5) is 0 Å². The van der Waals surface area contributed by atoms with Gasteiger partial charge in [-0.25, -0.2) is 0 Å². The van der Waals surface area contributed by atoms with Crippen LogP contribution in [-0.2, 0) is 11.3 Å². The van der Waals surface area contributed by atoms with E-state index in [-0.39, 0.29) is 11.9 Å². The maximum Gasteiger partial charge on any atom is 0.240 e. The number of methoxy groups -OCH3 is 1. The number of carbonyl (C=O) groups excluding carboxylic acids is 1. The average Bonchev–Trinajstić information content (AvgIpc) is 3.31. The van der Waals surface area contributed by atoms with Gasteiger partial charge in [-0.1, -0.05) is 29.8 Å². The Hall–Kier alpha value is -2.83. The normalized spacial score (nSPS) is 17.8. The molecule has 0 spiro atoms. The monoisotopic (exact) mass is 393 g/mol. The molecule has 6 nitrogen and oxygen atoms in total. The van der Waals surface area contributed by atoms with Crippen LogP contribution < -0.4 is 10.1 Å². The lowest BCUT2D eigenvalue weighted by atomic mass is 10.1. The van der Waals surface area contributed by atoms with Crippen LogP contribution in [0, 0.1) is 6.92 Å². The first kappa shape index (κ1) is 19.5. The molecule has 0 aliphatic carbocycles. The number of benzene rings is 2. The minimum atomic E-state index is -0.713. The zero-order valence-corrected chi connectivity index (χ0v) is 16.8. The number of hydrogen-bond donors (Lipinski definition) is 3. The Bertz CT molecular complexity index is 996. The lowest BCUT2D eigenvalue weighted by Gasteiger charge is -2.18. The molecule has 4 rings (SSSR count). The molecule has 2 atom stereocenters. The molecular weight excluding hydrogens is 366 g/mol. The predicted molar refractivity (Wildman–Crippen MR) is 113 cm³/mol. The fourth-order valence-electron chi connectivity index (χ4n) is 3.89. The van der Waals surface area contributed by atoms with Crippen LogP contribution in [0.2, 0.25) is 0 Å². The number of likely N-dealkylation sites (tertiary alicyclic amines) is 1. The largest absolute Gasteiger partial charge is 0.497 e. The summed E-state index contributed by atoms with van der Waals surface area (Å²) in [7, 11) is 1.62. The highest BCUT2D eigenvalue weighted by molar-refractivity contribution is 5.85. The first-order valence-electron chi connectivity index (χ1n) is 9.96. The molecule has 2 unspecified atom stereocenters. The molecule has 1 fully saturated rings. The summed E-state index contributed by atoms with van der Waals surface area (Å²) in [5.74, 6) is 0.842. The number of nitrogens with zero attached hydrogens (tertiary/aromatic N) is 1. The highest BCUT2D eigenvalue weighted by Crippen LogP contribution is 2.28. The summed E-state index contributed by atoms with van der Waals surface area (Å²) in [4.78, 5) is 17.8. The van der Waals surface area contributed by atoms with Crippen LogP contribution in [0.5, 0.6) is 5.75 Å². The molecule has 0 radical (unpaired) electrons. The Balaban J connectivity index is 1.36. The standard InChI is InChI=1S/C23H27N3O3/c1-15-3-5-16(6-4-15)14-26-10-9-21(23(26)28)25-13-22(27)19-12-24-20-8-7-17(29-2)11-18(19)20/h3-8,11-12,21-22,24-25,27H,9-10,13-14H2,1-2H3. The molecule has 6 heteroatoms. The van der Waals surface area contributed by atoms with E-state index in [2.05, 4.69) is 41.5 Å². The Labute approximate surface area is 170 Å². The van der Waals surface area contributed by atoms with Crippen LogP contribution in [0.3, 0.4) is 0 Å². The van der Waals surface area contributed by atoms with Crippen molar-refractivity contribution in [2.24, 2.45) is 0 Å². The maximum absolute atomic E-state index is 12.7. The Morgan fingerprint density at radius 3 is 2.83 bits per heavy atom. The van der Waals surface area contributed by atoms with Crippen LogP contribution in [0.1, 0.15) is 29.2 Å². The van der Waals surface area contributed by atoms with Crippen molar-refractivity contribution in [2.45, 2.75) is 32.0 Å². The topological polar surface area (TPSA) is 77.6 Å². The summed E-state index contributed by atoms with van der Waals surface area (Å²) in [5.41, 5.74) is 4.09. The van der Waals surface area contributed by atoms with Crippen LogP contribution in [0.15, 0.2) is 48.7 Å². The van der Waals surface area contributed by atoms with Gasteiger partial charge in [0, 0.05) is 42.3 Å². The van der Waals surface area contributed by atoms with E-state index >= 15 is 0 Å². The first-order chi connectivity index (χ1) is 14.0. The molecule has 152 valence electrons. The molecule has 2 heterocycles. The molecular formula is C23H27N3O3. The second-order valence-corrected chi connectivity index (χ2v) is 7.67. The molecule has 1 aliphatic heterocycles. The second-order valence-electron chi connectivity index (χ2n) is 7.67. The Morgan fingerprint density at radius 2 is 2.07 bits per heavy atom. The lowest BCUT2D eigenvalue weighted by molar-refractivity contribution is -0.130. The van der Waals surface area contributed by atoms with Gasteiger partial charge in [0.1, 0.15) is 5.75 Å². The fraction of sp³-hybridized carbons (Fsp3) is 0.348. The number of aryl methyl sites for hydroxylation is 1. The van der Waals surface area contributed by atoms with Gasteiger partial charge in [-0.3, -0.25) is 4.79 Å². The molecule has 1 saturated heterocycles. The van der Waals surface area contributed by atoms with Gasteiger partial charge in [0.2, 0.25) is 5.91 Å². The number of carbonyl (C=O) groups is 1. The molecule has 1 amide bonds. The van der Waals surface area contributed by atoms with E-state index in [0.29, 0.717) is 13.1 Å². The number of aromatic amines is 1. The molecule has 1 aliphatic rings. The highest BCUT2D eigenvalue weighted by Gasteiger charge is 2.31. The van der Waals surface area contributed by atoms with E-state index in [0.717, 1.165) is 40.7 Å². The molecule has 0 bridgehead atoms. The summed E-state index contributed by atoms with van der Waals surface area (Å²) in [6.45, 7) is 3.73. The van der Waals surface area contributed by atoms with Crippen molar-refractivity contribution in [3.8, 4) is 5.75 Å². The molecule has 2 aromatic carbocycles. The van der Waals surface area contributed by atoms with Gasteiger partial charge in [-0.15, -0.1) is 0 Å². The Morgan fingerprint density at radius 1 is 1.28 bits per heavy atom. The molecule has 29 heavy (non-hydrogen) atoms. The Kier molecular flexibility index (Phi) is 5.56. The molecule has 0 saturated carbocycles. The number of aliphatic hydroxyl groups is 1. The fourth-order valence-corrected chi connectivity index (χ4v) is 3.89. The van der Waals surface area contributed by atoms with Crippen molar-refractivity contribution >= 4 is 16.8 Å². The van der Waals surface area contributed by atoms with E-state index in [9.17, 15) is 9.90 Å². The van der Waals surface area contributed by atoms with Gasteiger partial charge in [0.05, 0.1) is 19.3 Å². The van der Waals surface area contributed by atoms with Crippen molar-refractivity contribution in [3.05, 3.63) is 65.4 Å². The van der Waals surface area contributed by atoms with Gasteiger partial charge in [-0.2, -0.15) is 0 Å². The van der Waals surface area contributed by atoms with E-state index in [1.165, 1.54) is 5.56 Å². The number of H-pyrrole nitrogens is 1. The van der Waals surface area contributed by atoms with Crippen LogP contribution in [-0.4, -0.2) is 47.1 Å². The van der Waals surface area contributed by atoms with Gasteiger partial charge in [0.25, 0.3) is 0 Å². The predicted octanol–water partition coefficient (Wildman–Crippen LogP) is 2.91. The minimum Gasteiger partial charge on any atom is -0.497 e. The number of rotatable bonds is 7. The number of ether oxygens (including phenoxy) is 1. The smallest absolute Gasteiger partial charge is 0.240 e. The third-order valence-electron chi connectivity index (χ3n) is 5.63. The number of amides is 1. The summed E-state index contributed by atoms with van der Waals surface area (Å²) in [5, 5.41) is 14.9. The van der Waals surface area contributed by atoms with Gasteiger partial charge in [-0.05, 0) is 37.1 Å². The van der Waals surface area contributed by atoms with Crippen molar-refractivity contribution in [3.63, 3.8) is 0 Å². The second kappa shape index (κ2) is 8.27. The van der Waals surface area contributed by atoms with E-state index in [1.54, 1.807) is 7.11 Å². The van der Waals surface area contributed by atoms with Crippen molar-refractivity contribution in [2.75, 3.05) is 20.2 Å². The number of hydrogen-bond acceptors (Lipinski definition) is 4. The van der Waals surface area contributed by atoms with Crippen LogP contribution in [0.25, 0.3) is 10.9 Å². The van der Waals surface area contributed by atoms with Crippen molar-refractivity contribution in [1.82, 2.24) is 15.2 Å². The van der Waals surface area contributed by atoms with Crippen molar-refractivity contribution < 1.29 is 14.6 Å². The highest BCUT2D eigenvalue weighted by atomic mass is 16.5. The minimum absolute atomic E-state index is 0.0957. The molecule has 3 aromatic rings. The zero-order valence-electron chi connectivity index (χ0n) is 16.8. The number of nitrogens with one attached hydrogen (secondary N) is 2. The van der Waals surface area contributed by atoms with Gasteiger partial charge < -0.3 is 25.0 Å².